The molecule has 0 radical (unpaired) electrons. The van der Waals surface area contributed by atoms with E-state index in [-0.39, 0.29) is 39.4 Å². The topological polar surface area (TPSA) is 108 Å². The number of carbonyl (C=O) groups excluding carboxylic acids is 2. The Morgan fingerprint density at radius 3 is 2.28 bits per heavy atom. The highest BCUT2D eigenvalue weighted by molar-refractivity contribution is 7.92. The molecular weight excluding hydrogens is 563 g/mol. The van der Waals surface area contributed by atoms with Gasteiger partial charge in [0.15, 0.2) is 5.75 Å². The lowest BCUT2D eigenvalue weighted by Crippen LogP contribution is -2.51. The molecule has 9 nitrogen and oxygen atoms in total. The summed E-state index contributed by atoms with van der Waals surface area (Å²) in [6, 6.07) is 16.6. The monoisotopic (exact) mass is 590 g/mol. The number of piperazine rings is 1. The van der Waals surface area contributed by atoms with Crippen molar-refractivity contribution in [3.05, 3.63) is 82.3 Å². The van der Waals surface area contributed by atoms with Gasteiger partial charge in [0, 0.05) is 36.8 Å². The molecule has 3 aromatic rings. The molecule has 206 valence electrons. The third-order valence-corrected chi connectivity index (χ3v) is 8.16. The molecule has 1 aliphatic rings. The van der Waals surface area contributed by atoms with Crippen molar-refractivity contribution in [1.29, 1.82) is 0 Å². The molecule has 0 saturated carbocycles. The number of para-hydroxylation sites is 2. The number of likely N-dealkylation sites (N-methyl/N-ethyl adjacent to an activating group) is 1. The number of amides is 2. The number of carbonyl (C=O) groups is 2. The van der Waals surface area contributed by atoms with Gasteiger partial charge < -0.3 is 19.9 Å². The van der Waals surface area contributed by atoms with Gasteiger partial charge >= 0.3 is 0 Å². The zero-order chi connectivity index (χ0) is 28.0. The first-order chi connectivity index (χ1) is 18.7. The molecule has 1 saturated heterocycles. The van der Waals surface area contributed by atoms with E-state index < -0.39 is 15.9 Å². The molecule has 0 atom stereocenters. The third kappa shape index (κ3) is 7.42. The Labute approximate surface area is 237 Å². The Morgan fingerprint density at radius 2 is 1.62 bits per heavy atom. The van der Waals surface area contributed by atoms with E-state index in [1.54, 1.807) is 41.3 Å². The number of sulfonamides is 1. The summed E-state index contributed by atoms with van der Waals surface area (Å²) in [6.07, 6.45) is 0. The highest BCUT2D eigenvalue weighted by atomic mass is 35.5. The van der Waals surface area contributed by atoms with Crippen molar-refractivity contribution in [1.82, 2.24) is 15.1 Å². The number of ether oxygens (including phenoxy) is 1. The molecule has 0 aliphatic carbocycles. The first-order valence-electron chi connectivity index (χ1n) is 12.3. The van der Waals surface area contributed by atoms with Crippen molar-refractivity contribution >= 4 is 50.7 Å². The molecule has 0 spiro atoms. The van der Waals surface area contributed by atoms with Crippen LogP contribution in [0, 0.1) is 0 Å². The second-order valence-corrected chi connectivity index (χ2v) is 11.3. The van der Waals surface area contributed by atoms with Gasteiger partial charge in [-0.05, 0) is 61.1 Å². The Balaban J connectivity index is 1.38. The number of benzene rings is 3. The Kier molecular flexibility index (Phi) is 9.34. The van der Waals surface area contributed by atoms with Crippen LogP contribution in [0.15, 0.2) is 71.6 Å². The van der Waals surface area contributed by atoms with Gasteiger partial charge in [0.05, 0.1) is 22.2 Å². The number of rotatable bonds is 9. The molecule has 3 aromatic carbocycles. The number of hydrogen-bond donors (Lipinski definition) is 2. The summed E-state index contributed by atoms with van der Waals surface area (Å²) >= 11 is 12.1. The fourth-order valence-electron chi connectivity index (χ4n) is 3.99. The maximum Gasteiger partial charge on any atom is 0.262 e. The second-order valence-electron chi connectivity index (χ2n) is 8.80. The molecule has 39 heavy (non-hydrogen) atoms. The molecule has 1 aliphatic heterocycles. The van der Waals surface area contributed by atoms with E-state index in [4.69, 9.17) is 27.9 Å². The summed E-state index contributed by atoms with van der Waals surface area (Å²) in [4.78, 5) is 28.9. The molecule has 1 fully saturated rings. The number of halogens is 2. The van der Waals surface area contributed by atoms with Crippen LogP contribution in [0.5, 0.6) is 11.5 Å². The van der Waals surface area contributed by atoms with Gasteiger partial charge in [-0.1, -0.05) is 42.3 Å². The molecule has 2 amide bonds. The summed E-state index contributed by atoms with van der Waals surface area (Å²) in [6.45, 7) is 5.78. The average molecular weight is 592 g/mol. The maximum absolute atomic E-state index is 13.1. The molecule has 1 heterocycles. The maximum atomic E-state index is 13.1. The van der Waals surface area contributed by atoms with Gasteiger partial charge in [-0.3, -0.25) is 14.3 Å². The lowest BCUT2D eigenvalue weighted by atomic mass is 10.2. The van der Waals surface area contributed by atoms with Crippen molar-refractivity contribution in [3.63, 3.8) is 0 Å². The van der Waals surface area contributed by atoms with Crippen LogP contribution in [0.1, 0.15) is 17.3 Å². The molecule has 0 aromatic heterocycles. The van der Waals surface area contributed by atoms with E-state index >= 15 is 0 Å². The third-order valence-electron chi connectivity index (χ3n) is 6.24. The SMILES string of the molecule is CCN1CCN(C(=O)CNC(=O)c2ccc(S(=O)(=O)Nc3ccccc3Oc3ccc(Cl)cc3Cl)cc2)CC1. The van der Waals surface area contributed by atoms with Crippen LogP contribution in [0.25, 0.3) is 0 Å². The minimum atomic E-state index is -4.02. The summed E-state index contributed by atoms with van der Waals surface area (Å²) in [5.74, 6) is -0.0684. The van der Waals surface area contributed by atoms with Crippen molar-refractivity contribution in [2.45, 2.75) is 11.8 Å². The molecule has 2 N–H and O–H groups in total. The summed E-state index contributed by atoms with van der Waals surface area (Å²) in [5, 5.41) is 3.33. The predicted octanol–water partition coefficient (Wildman–Crippen LogP) is 4.48. The van der Waals surface area contributed by atoms with Crippen molar-refractivity contribution in [2.24, 2.45) is 0 Å². The number of hydrogen-bond acceptors (Lipinski definition) is 6. The first kappa shape index (κ1) is 28.7. The summed E-state index contributed by atoms with van der Waals surface area (Å²) in [5.41, 5.74) is 0.433. The minimum Gasteiger partial charge on any atom is -0.454 e. The lowest BCUT2D eigenvalue weighted by Gasteiger charge is -2.34. The van der Waals surface area contributed by atoms with Gasteiger partial charge in [-0.2, -0.15) is 0 Å². The van der Waals surface area contributed by atoms with Crippen molar-refractivity contribution < 1.29 is 22.7 Å². The Morgan fingerprint density at radius 1 is 0.923 bits per heavy atom. The van der Waals surface area contributed by atoms with Crippen molar-refractivity contribution in [2.75, 3.05) is 44.0 Å². The normalized spacial score (nSPS) is 14.1. The predicted molar refractivity (Wildman–Crippen MR) is 151 cm³/mol. The van der Waals surface area contributed by atoms with Crippen LogP contribution in [-0.2, 0) is 14.8 Å². The van der Waals surface area contributed by atoms with E-state index in [1.807, 2.05) is 0 Å². The van der Waals surface area contributed by atoms with Gasteiger partial charge in [-0.15, -0.1) is 0 Å². The van der Waals surface area contributed by atoms with Gasteiger partial charge in [-0.25, -0.2) is 8.42 Å². The first-order valence-corrected chi connectivity index (χ1v) is 14.5. The molecule has 4 rings (SSSR count). The number of nitrogens with zero attached hydrogens (tertiary/aromatic N) is 2. The van der Waals surface area contributed by atoms with Crippen LogP contribution < -0.4 is 14.8 Å². The van der Waals surface area contributed by atoms with Crippen LogP contribution >= 0.6 is 23.2 Å². The average Bonchev–Trinajstić information content (AvgIpc) is 2.94. The summed E-state index contributed by atoms with van der Waals surface area (Å²) in [7, 11) is -4.02. The zero-order valence-corrected chi connectivity index (χ0v) is 23.5. The highest BCUT2D eigenvalue weighted by Gasteiger charge is 2.21. The fraction of sp³-hybridized carbons (Fsp3) is 0.259. The van der Waals surface area contributed by atoms with Gasteiger partial charge in [0.2, 0.25) is 5.91 Å². The quantitative estimate of drug-likeness (QED) is 0.380. The highest BCUT2D eigenvalue weighted by Crippen LogP contribution is 2.35. The van der Waals surface area contributed by atoms with E-state index in [1.165, 1.54) is 30.3 Å². The number of nitrogens with one attached hydrogen (secondary N) is 2. The molecule has 0 unspecified atom stereocenters. The van der Waals surface area contributed by atoms with E-state index in [2.05, 4.69) is 21.9 Å². The molecular formula is C27H28Cl2N4O5S. The standard InChI is InChI=1S/C27H28Cl2N4O5S/c1-2-32-13-15-33(16-14-32)26(34)18-30-27(35)19-7-10-21(11-8-19)39(36,37)31-23-5-3-4-6-25(23)38-24-12-9-20(28)17-22(24)29/h3-12,17,31H,2,13-16,18H2,1H3,(H,30,35). The zero-order valence-electron chi connectivity index (χ0n) is 21.2. The second kappa shape index (κ2) is 12.7. The summed E-state index contributed by atoms with van der Waals surface area (Å²) < 4.78 is 34.5. The fourth-order valence-corrected chi connectivity index (χ4v) is 5.51. The molecule has 0 bridgehead atoms. The Hall–Kier alpha value is -3.31. The van der Waals surface area contributed by atoms with E-state index in [9.17, 15) is 18.0 Å². The Bertz CT molecular complexity index is 1440. The largest absolute Gasteiger partial charge is 0.454 e. The minimum absolute atomic E-state index is 0.0525. The number of anilines is 1. The van der Waals surface area contributed by atoms with E-state index in [0.29, 0.717) is 23.9 Å². The molecule has 12 heteroatoms. The smallest absolute Gasteiger partial charge is 0.262 e. The lowest BCUT2D eigenvalue weighted by molar-refractivity contribution is -0.131. The van der Waals surface area contributed by atoms with Crippen LogP contribution in [0.4, 0.5) is 5.69 Å². The van der Waals surface area contributed by atoms with E-state index in [0.717, 1.165) is 19.6 Å². The van der Waals surface area contributed by atoms with Crippen LogP contribution in [-0.4, -0.2) is 69.3 Å². The van der Waals surface area contributed by atoms with Crippen LogP contribution in [0.2, 0.25) is 10.0 Å². The van der Waals surface area contributed by atoms with Crippen molar-refractivity contribution in [3.8, 4) is 11.5 Å². The van der Waals surface area contributed by atoms with Crippen LogP contribution in [0.3, 0.4) is 0 Å². The van der Waals surface area contributed by atoms with Gasteiger partial charge in [0.1, 0.15) is 5.75 Å². The van der Waals surface area contributed by atoms with Gasteiger partial charge in [0.25, 0.3) is 15.9 Å².